The van der Waals surface area contributed by atoms with Crippen LogP contribution in [0.15, 0.2) is 29.3 Å². The number of nitrogens with zero attached hydrogens (tertiary/aromatic N) is 2. The predicted octanol–water partition coefficient (Wildman–Crippen LogP) is 4.45. The Labute approximate surface area is 193 Å². The van der Waals surface area contributed by atoms with E-state index in [-0.39, 0.29) is 29.9 Å². The number of likely N-dealkylation sites (tertiary alicyclic amines) is 1. The summed E-state index contributed by atoms with van der Waals surface area (Å²) in [6.45, 7) is 3.36. The molecule has 162 valence electrons. The van der Waals surface area contributed by atoms with Crippen LogP contribution in [-0.2, 0) is 17.9 Å². The number of hydrogen-bond acceptors (Lipinski definition) is 2. The lowest BCUT2D eigenvalue weighted by Crippen LogP contribution is -2.37. The molecule has 0 atom stereocenters. The maximum Gasteiger partial charge on any atom is 0.222 e. The van der Waals surface area contributed by atoms with Crippen LogP contribution in [0.4, 0.5) is 0 Å². The number of amides is 1. The van der Waals surface area contributed by atoms with E-state index in [1.807, 2.05) is 11.9 Å². The Morgan fingerprint density at radius 3 is 2.45 bits per heavy atom. The molecule has 3 rings (SSSR count). The van der Waals surface area contributed by atoms with Gasteiger partial charge in [0.1, 0.15) is 0 Å². The summed E-state index contributed by atoms with van der Waals surface area (Å²) < 4.78 is 0. The smallest absolute Gasteiger partial charge is 0.222 e. The first-order valence-corrected chi connectivity index (χ1v) is 11.0. The summed E-state index contributed by atoms with van der Waals surface area (Å²) in [5.74, 6) is 2.14. The standard InChI is InChI=1S/C23H36N4O.HI/c1-24-23(25-15-5-4-9-19-7-2-3-8-19)26-17-20-11-13-21(14-12-20)18-27-16-6-10-22(27)28;/h11-14,19H,2-10,15-18H2,1H3,(H2,24,25,26);1H. The molecule has 1 saturated carbocycles. The molecule has 1 amide bonds. The molecule has 0 spiro atoms. The summed E-state index contributed by atoms with van der Waals surface area (Å²) in [5.41, 5.74) is 2.42. The van der Waals surface area contributed by atoms with Gasteiger partial charge in [0.2, 0.25) is 5.91 Å². The van der Waals surface area contributed by atoms with Crippen molar-refractivity contribution in [3.63, 3.8) is 0 Å². The average Bonchev–Trinajstić information content (AvgIpc) is 3.37. The van der Waals surface area contributed by atoms with Crippen molar-refractivity contribution in [1.82, 2.24) is 15.5 Å². The number of aliphatic imine (C=N–C) groups is 1. The highest BCUT2D eigenvalue weighted by Gasteiger charge is 2.19. The molecule has 1 heterocycles. The number of halogens is 1. The van der Waals surface area contributed by atoms with Gasteiger partial charge in [0, 0.05) is 39.6 Å². The number of carbonyl (C=O) groups excluding carboxylic acids is 1. The van der Waals surface area contributed by atoms with Gasteiger partial charge in [-0.1, -0.05) is 62.8 Å². The molecule has 1 aromatic carbocycles. The van der Waals surface area contributed by atoms with Crippen molar-refractivity contribution in [2.24, 2.45) is 10.9 Å². The summed E-state index contributed by atoms with van der Waals surface area (Å²) in [4.78, 5) is 18.0. The molecule has 2 N–H and O–H groups in total. The van der Waals surface area contributed by atoms with Crippen molar-refractivity contribution in [1.29, 1.82) is 0 Å². The Morgan fingerprint density at radius 2 is 1.79 bits per heavy atom. The second-order valence-electron chi connectivity index (χ2n) is 8.23. The highest BCUT2D eigenvalue weighted by Crippen LogP contribution is 2.28. The quantitative estimate of drug-likeness (QED) is 0.223. The fourth-order valence-electron chi connectivity index (χ4n) is 4.32. The maximum absolute atomic E-state index is 11.7. The van der Waals surface area contributed by atoms with Gasteiger partial charge in [-0.2, -0.15) is 0 Å². The molecule has 1 saturated heterocycles. The minimum Gasteiger partial charge on any atom is -0.356 e. The number of carbonyl (C=O) groups is 1. The van der Waals surface area contributed by atoms with E-state index in [1.54, 1.807) is 0 Å². The molecule has 2 fully saturated rings. The fourth-order valence-corrected chi connectivity index (χ4v) is 4.32. The van der Waals surface area contributed by atoms with Crippen LogP contribution in [-0.4, -0.2) is 36.9 Å². The highest BCUT2D eigenvalue weighted by molar-refractivity contribution is 14.0. The Bertz CT molecular complexity index is 641. The first kappa shape index (κ1) is 24.0. The first-order valence-electron chi connectivity index (χ1n) is 11.0. The van der Waals surface area contributed by atoms with Gasteiger partial charge in [-0.05, 0) is 29.9 Å². The van der Waals surface area contributed by atoms with E-state index in [0.29, 0.717) is 6.42 Å². The van der Waals surface area contributed by atoms with Gasteiger partial charge in [0.05, 0.1) is 0 Å². The van der Waals surface area contributed by atoms with Crippen LogP contribution in [0.3, 0.4) is 0 Å². The SMILES string of the molecule is CN=C(NCCCCC1CCCC1)NCc1ccc(CN2CCCC2=O)cc1.I. The van der Waals surface area contributed by atoms with E-state index in [4.69, 9.17) is 0 Å². The third-order valence-corrected chi connectivity index (χ3v) is 6.06. The number of guanidine groups is 1. The first-order chi connectivity index (χ1) is 13.7. The van der Waals surface area contributed by atoms with Crippen molar-refractivity contribution in [3.8, 4) is 0 Å². The molecule has 0 unspecified atom stereocenters. The minimum atomic E-state index is 0. The van der Waals surface area contributed by atoms with E-state index in [2.05, 4.69) is 39.9 Å². The number of nitrogens with one attached hydrogen (secondary N) is 2. The summed E-state index contributed by atoms with van der Waals surface area (Å²) >= 11 is 0. The second kappa shape index (κ2) is 13.1. The van der Waals surface area contributed by atoms with Gasteiger partial charge in [0.15, 0.2) is 5.96 Å². The van der Waals surface area contributed by atoms with E-state index in [1.165, 1.54) is 56.1 Å². The number of unbranched alkanes of at least 4 members (excludes halogenated alkanes) is 1. The van der Waals surface area contributed by atoms with Gasteiger partial charge in [-0.3, -0.25) is 9.79 Å². The largest absolute Gasteiger partial charge is 0.356 e. The van der Waals surface area contributed by atoms with Crippen LogP contribution in [0.1, 0.15) is 68.9 Å². The summed E-state index contributed by atoms with van der Waals surface area (Å²) in [6.07, 6.45) is 11.4. The van der Waals surface area contributed by atoms with Gasteiger partial charge < -0.3 is 15.5 Å². The van der Waals surface area contributed by atoms with Crippen molar-refractivity contribution in [2.75, 3.05) is 20.1 Å². The zero-order valence-corrected chi connectivity index (χ0v) is 20.1. The van der Waals surface area contributed by atoms with E-state index >= 15 is 0 Å². The lowest BCUT2D eigenvalue weighted by atomic mass is 10.0. The van der Waals surface area contributed by atoms with Crippen molar-refractivity contribution >= 4 is 35.8 Å². The summed E-state index contributed by atoms with van der Waals surface area (Å²) in [5, 5.41) is 6.82. The van der Waals surface area contributed by atoms with Gasteiger partial charge in [-0.15, -0.1) is 24.0 Å². The molecule has 6 heteroatoms. The molecular formula is C23H37IN4O. The molecule has 5 nitrogen and oxygen atoms in total. The molecule has 29 heavy (non-hydrogen) atoms. The normalized spacial score (nSPS) is 17.5. The second-order valence-corrected chi connectivity index (χ2v) is 8.23. The average molecular weight is 512 g/mol. The highest BCUT2D eigenvalue weighted by atomic mass is 127. The fraction of sp³-hybridized carbons (Fsp3) is 0.652. The molecule has 1 aliphatic carbocycles. The van der Waals surface area contributed by atoms with Gasteiger partial charge in [0.25, 0.3) is 0 Å². The van der Waals surface area contributed by atoms with Crippen LogP contribution < -0.4 is 10.6 Å². The molecule has 0 radical (unpaired) electrons. The lowest BCUT2D eigenvalue weighted by molar-refractivity contribution is -0.128. The minimum absolute atomic E-state index is 0. The van der Waals surface area contributed by atoms with Crippen LogP contribution in [0.25, 0.3) is 0 Å². The zero-order chi connectivity index (χ0) is 19.6. The Hall–Kier alpha value is -1.31. The molecule has 2 aliphatic rings. The van der Waals surface area contributed by atoms with Crippen LogP contribution in [0, 0.1) is 5.92 Å². The molecule has 1 aliphatic heterocycles. The Balaban J connectivity index is 0.00000300. The summed E-state index contributed by atoms with van der Waals surface area (Å²) in [6, 6.07) is 8.53. The summed E-state index contributed by atoms with van der Waals surface area (Å²) in [7, 11) is 1.82. The predicted molar refractivity (Wildman–Crippen MR) is 131 cm³/mol. The third kappa shape index (κ3) is 8.15. The molecular weight excluding hydrogens is 475 g/mol. The van der Waals surface area contributed by atoms with Crippen LogP contribution >= 0.6 is 24.0 Å². The van der Waals surface area contributed by atoms with Crippen molar-refractivity contribution in [3.05, 3.63) is 35.4 Å². The molecule has 1 aromatic rings. The van der Waals surface area contributed by atoms with Crippen LogP contribution in [0.2, 0.25) is 0 Å². The molecule has 0 aromatic heterocycles. The van der Waals surface area contributed by atoms with E-state index in [0.717, 1.165) is 44.5 Å². The monoisotopic (exact) mass is 512 g/mol. The van der Waals surface area contributed by atoms with Crippen molar-refractivity contribution < 1.29 is 4.79 Å². The van der Waals surface area contributed by atoms with E-state index < -0.39 is 0 Å². The van der Waals surface area contributed by atoms with Crippen LogP contribution in [0.5, 0.6) is 0 Å². The maximum atomic E-state index is 11.7. The number of benzene rings is 1. The lowest BCUT2D eigenvalue weighted by Gasteiger charge is -2.16. The van der Waals surface area contributed by atoms with Gasteiger partial charge >= 0.3 is 0 Å². The van der Waals surface area contributed by atoms with Crippen molar-refractivity contribution in [2.45, 2.75) is 70.9 Å². The van der Waals surface area contributed by atoms with Gasteiger partial charge in [-0.25, -0.2) is 0 Å². The molecule has 0 bridgehead atoms. The third-order valence-electron chi connectivity index (χ3n) is 6.06. The number of hydrogen-bond donors (Lipinski definition) is 2. The zero-order valence-electron chi connectivity index (χ0n) is 17.8. The topological polar surface area (TPSA) is 56.7 Å². The number of rotatable bonds is 9. The Morgan fingerprint density at radius 1 is 1.07 bits per heavy atom. The Kier molecular flexibility index (Phi) is 10.8. The van der Waals surface area contributed by atoms with E-state index in [9.17, 15) is 4.79 Å².